The Morgan fingerprint density at radius 2 is 1.93 bits per heavy atom. The number of benzene rings is 1. The molecule has 4 atom stereocenters. The maximum absolute atomic E-state index is 12.0. The first-order chi connectivity index (χ1) is 12.9. The summed E-state index contributed by atoms with van der Waals surface area (Å²) >= 11 is 0. The van der Waals surface area contributed by atoms with E-state index in [0.29, 0.717) is 17.1 Å². The number of carbonyl (C=O) groups is 1. The molecule has 1 saturated heterocycles. The molecule has 0 unspecified atom stereocenters. The molecule has 1 aliphatic rings. The lowest BCUT2D eigenvalue weighted by atomic mass is 9.89. The van der Waals surface area contributed by atoms with Gasteiger partial charge in [-0.25, -0.2) is 0 Å². The van der Waals surface area contributed by atoms with Gasteiger partial charge in [0.25, 0.3) is 0 Å². The monoisotopic (exact) mass is 378 g/mol. The van der Waals surface area contributed by atoms with E-state index < -0.39 is 30.0 Å². The molecule has 1 aliphatic heterocycles. The quantitative estimate of drug-likeness (QED) is 0.370. The Kier molecular flexibility index (Phi) is 7.22. The number of terminal acetylenes is 1. The Bertz CT molecular complexity index is 679. The number of methoxy groups -OCH3 is 3. The molecule has 0 amide bonds. The maximum Gasteiger partial charge on any atom is 0.165 e. The van der Waals surface area contributed by atoms with Gasteiger partial charge in [0.15, 0.2) is 17.3 Å². The Morgan fingerprint density at radius 3 is 2.48 bits per heavy atom. The van der Waals surface area contributed by atoms with Crippen LogP contribution in [0.25, 0.3) is 0 Å². The lowest BCUT2D eigenvalue weighted by Gasteiger charge is -2.29. The minimum absolute atomic E-state index is 0.0279. The van der Waals surface area contributed by atoms with Gasteiger partial charge >= 0.3 is 0 Å². The highest BCUT2D eigenvalue weighted by atomic mass is 16.8. The fraction of sp³-hybridized carbons (Fsp3) is 0.550. The van der Waals surface area contributed by atoms with Gasteiger partial charge in [-0.2, -0.15) is 0 Å². The predicted molar refractivity (Wildman–Crippen MR) is 97.8 cm³/mol. The van der Waals surface area contributed by atoms with Crippen molar-refractivity contribution in [3.63, 3.8) is 0 Å². The van der Waals surface area contributed by atoms with Crippen molar-refractivity contribution in [1.29, 1.82) is 0 Å². The van der Waals surface area contributed by atoms with Crippen molar-refractivity contribution < 1.29 is 33.2 Å². The lowest BCUT2D eigenvalue weighted by Crippen LogP contribution is -2.42. The first-order valence-corrected chi connectivity index (χ1v) is 8.50. The molecule has 0 bridgehead atoms. The van der Waals surface area contributed by atoms with Gasteiger partial charge in [0.1, 0.15) is 31.4 Å². The van der Waals surface area contributed by atoms with Gasteiger partial charge in [-0.3, -0.25) is 0 Å². The fourth-order valence-corrected chi connectivity index (χ4v) is 3.11. The molecule has 0 spiro atoms. The van der Waals surface area contributed by atoms with Crippen LogP contribution in [0, 0.1) is 12.3 Å². The summed E-state index contributed by atoms with van der Waals surface area (Å²) in [5.74, 6) is 2.06. The van der Waals surface area contributed by atoms with Gasteiger partial charge < -0.3 is 33.2 Å². The zero-order valence-electron chi connectivity index (χ0n) is 16.3. The maximum atomic E-state index is 12.0. The average Bonchev–Trinajstić information content (AvgIpc) is 2.99. The van der Waals surface area contributed by atoms with Crippen molar-refractivity contribution in [2.24, 2.45) is 0 Å². The predicted octanol–water partition coefficient (Wildman–Crippen LogP) is 2.13. The number of rotatable bonds is 9. The van der Waals surface area contributed by atoms with E-state index in [4.69, 9.17) is 34.8 Å². The Labute approximate surface area is 159 Å². The lowest BCUT2D eigenvalue weighted by molar-refractivity contribution is -0.173. The van der Waals surface area contributed by atoms with Crippen LogP contribution in [0.5, 0.6) is 11.5 Å². The van der Waals surface area contributed by atoms with Crippen LogP contribution in [0.2, 0.25) is 0 Å². The molecule has 0 N–H and O–H groups in total. The van der Waals surface area contributed by atoms with Gasteiger partial charge in [-0.15, -0.1) is 6.42 Å². The van der Waals surface area contributed by atoms with Gasteiger partial charge in [0.05, 0.1) is 20.1 Å². The summed E-state index contributed by atoms with van der Waals surface area (Å²) in [6.45, 7) is 3.49. The zero-order valence-corrected chi connectivity index (χ0v) is 16.3. The van der Waals surface area contributed by atoms with E-state index in [2.05, 4.69) is 5.92 Å². The molecule has 1 aromatic rings. The standard InChI is InChI=1S/C20H26O7/c1-7-15-19(27-20(2,3)26-15)18(25-12-22-4)14(11-21)13-8-9-16(23-5)17(10-13)24-6/h1,8-11,14-15,18-19H,12H2,2-6H3/t14-,15+,18-,19+/m1/s1. The number of hydrogen-bond donors (Lipinski definition) is 0. The molecule has 7 nitrogen and oxygen atoms in total. The number of aldehydes is 1. The minimum Gasteiger partial charge on any atom is -0.493 e. The van der Waals surface area contributed by atoms with Crippen LogP contribution in [-0.4, -0.2) is 58.5 Å². The third-order valence-electron chi connectivity index (χ3n) is 4.29. The van der Waals surface area contributed by atoms with E-state index in [1.165, 1.54) is 14.2 Å². The first-order valence-electron chi connectivity index (χ1n) is 8.50. The number of carbonyl (C=O) groups excluding carboxylic acids is 1. The van der Waals surface area contributed by atoms with Crippen LogP contribution in [-0.2, 0) is 23.7 Å². The van der Waals surface area contributed by atoms with Gasteiger partial charge in [0.2, 0.25) is 0 Å². The molecule has 1 fully saturated rings. The Hall–Kier alpha value is -2.11. The molecule has 0 radical (unpaired) electrons. The van der Waals surface area contributed by atoms with Gasteiger partial charge in [0, 0.05) is 7.11 Å². The molecule has 0 aliphatic carbocycles. The Balaban J connectivity index is 2.41. The second-order valence-corrected chi connectivity index (χ2v) is 6.50. The van der Waals surface area contributed by atoms with E-state index in [0.717, 1.165) is 6.29 Å². The number of hydrogen-bond acceptors (Lipinski definition) is 7. The van der Waals surface area contributed by atoms with E-state index in [1.807, 2.05) is 0 Å². The molecule has 2 rings (SSSR count). The van der Waals surface area contributed by atoms with E-state index in [-0.39, 0.29) is 6.79 Å². The van der Waals surface area contributed by atoms with Crippen molar-refractivity contribution in [2.75, 3.05) is 28.1 Å². The fourth-order valence-electron chi connectivity index (χ4n) is 3.11. The molecule has 1 heterocycles. The molecule has 148 valence electrons. The smallest absolute Gasteiger partial charge is 0.165 e. The van der Waals surface area contributed by atoms with Crippen LogP contribution in [0.15, 0.2) is 18.2 Å². The molecule has 0 saturated carbocycles. The first kappa shape index (κ1) is 21.2. The third kappa shape index (κ3) is 4.79. The summed E-state index contributed by atoms with van der Waals surface area (Å²) < 4.78 is 33.1. The van der Waals surface area contributed by atoms with Crippen molar-refractivity contribution in [2.45, 2.75) is 43.9 Å². The summed E-state index contributed by atoms with van der Waals surface area (Å²) in [4.78, 5) is 12.0. The molecule has 1 aromatic carbocycles. The van der Waals surface area contributed by atoms with E-state index >= 15 is 0 Å². The summed E-state index contributed by atoms with van der Waals surface area (Å²) in [5, 5.41) is 0. The number of ether oxygens (including phenoxy) is 6. The highest BCUT2D eigenvalue weighted by molar-refractivity contribution is 5.65. The van der Waals surface area contributed by atoms with E-state index in [1.54, 1.807) is 39.2 Å². The summed E-state index contributed by atoms with van der Waals surface area (Å²) in [6.07, 6.45) is 4.37. The zero-order chi connectivity index (χ0) is 20.0. The van der Waals surface area contributed by atoms with Crippen LogP contribution in [0.1, 0.15) is 25.3 Å². The normalized spacial score (nSPS) is 23.3. The van der Waals surface area contributed by atoms with Crippen molar-refractivity contribution in [1.82, 2.24) is 0 Å². The largest absolute Gasteiger partial charge is 0.493 e. The van der Waals surface area contributed by atoms with Crippen LogP contribution in [0.3, 0.4) is 0 Å². The molecule has 27 heavy (non-hydrogen) atoms. The van der Waals surface area contributed by atoms with Crippen molar-refractivity contribution >= 4 is 6.29 Å². The second kappa shape index (κ2) is 9.20. The van der Waals surface area contributed by atoms with Gasteiger partial charge in [-0.05, 0) is 31.5 Å². The summed E-state index contributed by atoms with van der Waals surface area (Å²) in [5.41, 5.74) is 0.674. The third-order valence-corrected chi connectivity index (χ3v) is 4.29. The topological polar surface area (TPSA) is 72.5 Å². The molecule has 7 heteroatoms. The van der Waals surface area contributed by atoms with Crippen LogP contribution < -0.4 is 9.47 Å². The van der Waals surface area contributed by atoms with Crippen molar-refractivity contribution in [3.05, 3.63) is 23.8 Å². The SMILES string of the molecule is C#C[C@@H]1OC(C)(C)O[C@@H]1[C@H](OCOC)[C@H](C=O)c1ccc(OC)c(OC)c1. The second-order valence-electron chi connectivity index (χ2n) is 6.50. The van der Waals surface area contributed by atoms with Crippen LogP contribution in [0.4, 0.5) is 0 Å². The summed E-state index contributed by atoms with van der Waals surface area (Å²) in [7, 11) is 4.57. The van der Waals surface area contributed by atoms with E-state index in [9.17, 15) is 4.79 Å². The summed E-state index contributed by atoms with van der Waals surface area (Å²) in [6, 6.07) is 5.23. The average molecular weight is 378 g/mol. The van der Waals surface area contributed by atoms with Gasteiger partial charge in [-0.1, -0.05) is 12.0 Å². The highest BCUT2D eigenvalue weighted by Gasteiger charge is 2.47. The highest BCUT2D eigenvalue weighted by Crippen LogP contribution is 2.37. The molecular weight excluding hydrogens is 352 g/mol. The Morgan fingerprint density at radius 1 is 1.22 bits per heavy atom. The molecule has 0 aromatic heterocycles. The minimum atomic E-state index is -0.887. The van der Waals surface area contributed by atoms with Crippen LogP contribution >= 0.6 is 0 Å². The van der Waals surface area contributed by atoms with Crippen molar-refractivity contribution in [3.8, 4) is 23.8 Å². The molecular formula is C20H26O7.